The summed E-state index contributed by atoms with van der Waals surface area (Å²) in [6, 6.07) is 7.84. The van der Waals surface area contributed by atoms with E-state index in [4.69, 9.17) is 16.7 Å². The Hall–Kier alpha value is -1.72. The molecule has 0 atom stereocenters. The third-order valence-corrected chi connectivity index (χ3v) is 7.92. The van der Waals surface area contributed by atoms with Gasteiger partial charge in [-0.15, -0.1) is 10.2 Å². The van der Waals surface area contributed by atoms with E-state index < -0.39 is 0 Å². The second kappa shape index (κ2) is 5.89. The summed E-state index contributed by atoms with van der Waals surface area (Å²) in [4.78, 5) is 0.913. The summed E-state index contributed by atoms with van der Waals surface area (Å²) in [5.41, 5.74) is 1.34. The quantitative estimate of drug-likeness (QED) is 0.588. The first-order valence-corrected chi connectivity index (χ1v) is 11.0. The molecule has 0 saturated heterocycles. The Labute approximate surface area is 167 Å². The number of aromatic nitrogens is 4. The van der Waals surface area contributed by atoms with E-state index in [0.717, 1.165) is 44.1 Å². The van der Waals surface area contributed by atoms with E-state index in [1.807, 2.05) is 28.8 Å². The summed E-state index contributed by atoms with van der Waals surface area (Å²) in [7, 11) is 0. The van der Waals surface area contributed by atoms with Crippen molar-refractivity contribution < 1.29 is 0 Å². The van der Waals surface area contributed by atoms with Crippen molar-refractivity contribution in [2.24, 2.45) is 17.8 Å². The lowest BCUT2D eigenvalue weighted by molar-refractivity contribution is -0.0103. The van der Waals surface area contributed by atoms with E-state index in [2.05, 4.69) is 22.3 Å². The van der Waals surface area contributed by atoms with Crippen molar-refractivity contribution in [3.63, 3.8) is 0 Å². The Morgan fingerprint density at radius 2 is 1.63 bits per heavy atom. The number of hydrogen-bond acceptors (Lipinski definition) is 4. The average Bonchev–Trinajstić information content (AvgIpc) is 3.20. The van der Waals surface area contributed by atoms with Gasteiger partial charge in [-0.3, -0.25) is 0 Å². The van der Waals surface area contributed by atoms with Gasteiger partial charge in [0.1, 0.15) is 5.01 Å². The fourth-order valence-electron chi connectivity index (χ4n) is 6.16. The molecule has 4 bridgehead atoms. The topological polar surface area (TPSA) is 43.1 Å². The van der Waals surface area contributed by atoms with Crippen LogP contribution in [0.1, 0.15) is 54.9 Å². The molecule has 4 aliphatic carbocycles. The molecule has 6 heteroatoms. The lowest BCUT2D eigenvalue weighted by Crippen LogP contribution is -2.49. The van der Waals surface area contributed by atoms with Crippen molar-refractivity contribution in [3.05, 3.63) is 45.7 Å². The third-order valence-electron chi connectivity index (χ3n) is 6.81. The summed E-state index contributed by atoms with van der Waals surface area (Å²) in [6.07, 6.45) is 12.3. The van der Waals surface area contributed by atoms with Gasteiger partial charge in [0.15, 0.2) is 5.82 Å². The highest BCUT2D eigenvalue weighted by Crippen LogP contribution is 2.60. The monoisotopic (exact) mass is 396 g/mol. The number of fused-ring (bicyclic) bond motifs is 1. The molecule has 0 N–H and O–H groups in total. The molecule has 4 aliphatic rings. The van der Waals surface area contributed by atoms with Crippen LogP contribution < -0.4 is 0 Å². The van der Waals surface area contributed by atoms with Crippen LogP contribution in [0.25, 0.3) is 17.1 Å². The predicted octanol–water partition coefficient (Wildman–Crippen LogP) is 5.48. The Balaban J connectivity index is 1.34. The number of nitrogens with zero attached hydrogens (tertiary/aromatic N) is 4. The van der Waals surface area contributed by atoms with E-state index >= 15 is 0 Å². The molecular formula is C21H21ClN4S. The van der Waals surface area contributed by atoms with Crippen LogP contribution in [0.4, 0.5) is 0 Å². The second-order valence-corrected chi connectivity index (χ2v) is 10.2. The van der Waals surface area contributed by atoms with Crippen molar-refractivity contribution in [1.82, 2.24) is 19.8 Å². The van der Waals surface area contributed by atoms with Crippen LogP contribution in [0.5, 0.6) is 0 Å². The molecular weight excluding hydrogens is 376 g/mol. The maximum Gasteiger partial charge on any atom is 0.234 e. The minimum Gasteiger partial charge on any atom is -0.186 e. The van der Waals surface area contributed by atoms with Crippen LogP contribution >= 0.6 is 22.9 Å². The SMILES string of the molecule is Clc1ccc(C=Cc2nn3c(C45CC6CC(CC(C6)C4)C5)nnc3s2)cc1. The fraction of sp³-hybridized carbons (Fsp3) is 0.476. The molecule has 27 heavy (non-hydrogen) atoms. The molecule has 0 unspecified atom stereocenters. The normalized spacial score (nSPS) is 32.1. The van der Waals surface area contributed by atoms with Crippen molar-refractivity contribution in [3.8, 4) is 0 Å². The van der Waals surface area contributed by atoms with Gasteiger partial charge >= 0.3 is 0 Å². The van der Waals surface area contributed by atoms with E-state index in [-0.39, 0.29) is 5.41 Å². The number of halogens is 1. The fourth-order valence-corrected chi connectivity index (χ4v) is 7.02. The van der Waals surface area contributed by atoms with Gasteiger partial charge in [-0.1, -0.05) is 41.1 Å². The molecule has 0 aliphatic heterocycles. The zero-order valence-electron chi connectivity index (χ0n) is 15.0. The third kappa shape index (κ3) is 2.66. The molecule has 2 aromatic heterocycles. The Morgan fingerprint density at radius 3 is 2.30 bits per heavy atom. The van der Waals surface area contributed by atoms with E-state index in [9.17, 15) is 0 Å². The van der Waals surface area contributed by atoms with Crippen molar-refractivity contribution >= 4 is 40.1 Å². The first kappa shape index (κ1) is 16.3. The van der Waals surface area contributed by atoms with Gasteiger partial charge in [0.05, 0.1) is 0 Å². The van der Waals surface area contributed by atoms with Crippen LogP contribution in [0.15, 0.2) is 24.3 Å². The zero-order chi connectivity index (χ0) is 18.0. The van der Waals surface area contributed by atoms with Crippen molar-refractivity contribution in [2.45, 2.75) is 43.9 Å². The second-order valence-electron chi connectivity index (χ2n) is 8.74. The predicted molar refractivity (Wildman–Crippen MR) is 109 cm³/mol. The molecule has 4 fully saturated rings. The van der Waals surface area contributed by atoms with Gasteiger partial charge < -0.3 is 0 Å². The molecule has 0 radical (unpaired) electrons. The average molecular weight is 397 g/mol. The number of hydrogen-bond donors (Lipinski definition) is 0. The highest BCUT2D eigenvalue weighted by atomic mass is 35.5. The molecule has 4 saturated carbocycles. The standard InChI is InChI=1S/C21H21ClN4S/c22-17-4-1-13(2-5-17)3-6-18-25-26-19(23-24-20(26)27-18)21-10-14-7-15(11-21)9-16(8-14)12-21/h1-6,14-16H,7-12H2. The van der Waals surface area contributed by atoms with Crippen LogP contribution in [0, 0.1) is 17.8 Å². The summed E-state index contributed by atoms with van der Waals surface area (Å²) in [5.74, 6) is 3.81. The van der Waals surface area contributed by atoms with E-state index in [0.29, 0.717) is 0 Å². The summed E-state index contributed by atoms with van der Waals surface area (Å²) >= 11 is 7.57. The summed E-state index contributed by atoms with van der Waals surface area (Å²) < 4.78 is 2.04. The molecule has 7 rings (SSSR count). The number of rotatable bonds is 3. The van der Waals surface area contributed by atoms with E-state index in [1.54, 1.807) is 11.3 Å². The molecule has 2 heterocycles. The highest BCUT2D eigenvalue weighted by Gasteiger charge is 2.54. The van der Waals surface area contributed by atoms with Crippen LogP contribution in [0.3, 0.4) is 0 Å². The van der Waals surface area contributed by atoms with Crippen LogP contribution in [0.2, 0.25) is 5.02 Å². The largest absolute Gasteiger partial charge is 0.234 e. The van der Waals surface area contributed by atoms with Crippen molar-refractivity contribution in [2.75, 3.05) is 0 Å². The van der Waals surface area contributed by atoms with E-state index in [1.165, 1.54) is 38.5 Å². The first-order valence-electron chi connectivity index (χ1n) is 9.83. The van der Waals surface area contributed by atoms with Crippen molar-refractivity contribution in [1.29, 1.82) is 0 Å². The molecule has 3 aromatic rings. The molecule has 4 nitrogen and oxygen atoms in total. The Bertz CT molecular complexity index is 997. The van der Waals surface area contributed by atoms with Gasteiger partial charge in [-0.25, -0.2) is 0 Å². The maximum absolute atomic E-state index is 5.96. The maximum atomic E-state index is 5.96. The van der Waals surface area contributed by atoms with Gasteiger partial charge in [0, 0.05) is 10.4 Å². The smallest absolute Gasteiger partial charge is 0.186 e. The van der Waals surface area contributed by atoms with Crippen LogP contribution in [-0.2, 0) is 5.41 Å². The molecule has 1 aromatic carbocycles. The minimum absolute atomic E-state index is 0.222. The number of benzene rings is 1. The summed E-state index contributed by atoms with van der Waals surface area (Å²) in [6.45, 7) is 0. The highest BCUT2D eigenvalue weighted by molar-refractivity contribution is 7.17. The lowest BCUT2D eigenvalue weighted by atomic mass is 9.49. The van der Waals surface area contributed by atoms with Gasteiger partial charge in [0.25, 0.3) is 0 Å². The van der Waals surface area contributed by atoms with Gasteiger partial charge in [-0.05, 0) is 80.1 Å². The lowest BCUT2D eigenvalue weighted by Gasteiger charge is -2.55. The molecule has 0 amide bonds. The Morgan fingerprint density at radius 1 is 0.963 bits per heavy atom. The van der Waals surface area contributed by atoms with Gasteiger partial charge in [-0.2, -0.15) is 9.61 Å². The summed E-state index contributed by atoms with van der Waals surface area (Å²) in [5, 5.41) is 15.7. The minimum atomic E-state index is 0.222. The molecule has 0 spiro atoms. The Kier molecular flexibility index (Phi) is 3.54. The van der Waals surface area contributed by atoms with Crippen LogP contribution in [-0.4, -0.2) is 19.8 Å². The zero-order valence-corrected chi connectivity index (χ0v) is 16.6. The first-order chi connectivity index (χ1) is 13.2. The van der Waals surface area contributed by atoms with Gasteiger partial charge in [0.2, 0.25) is 4.96 Å². The molecule has 138 valence electrons.